The number of aliphatic hydroxyl groups excluding tert-OH is 3. The minimum atomic E-state index is -0.972. The molecule has 22 nitrogen and oxygen atoms in total. The van der Waals surface area contributed by atoms with Gasteiger partial charge in [0.05, 0.1) is 42.6 Å². The number of hydrogen-bond donors (Lipinski definition) is 9. The van der Waals surface area contributed by atoms with Gasteiger partial charge < -0.3 is 67.0 Å². The van der Waals surface area contributed by atoms with Gasteiger partial charge in [-0.2, -0.15) is 10.2 Å². The Morgan fingerprint density at radius 1 is 0.721 bits per heavy atom. The van der Waals surface area contributed by atoms with Crippen LogP contribution in [0.2, 0.25) is 0 Å². The summed E-state index contributed by atoms with van der Waals surface area (Å²) in [6.45, 7) is -0.875. The topological polar surface area (TPSA) is 354 Å². The number of fused-ring (bicyclic) bond motifs is 4. The molecule has 6 aromatic heterocycles. The summed E-state index contributed by atoms with van der Waals surface area (Å²) in [6.07, 6.45) is 8.17. The average Bonchev–Trinajstić information content (AvgIpc) is 4.18. The van der Waals surface area contributed by atoms with E-state index in [1.807, 2.05) is 48.5 Å². The van der Waals surface area contributed by atoms with Crippen molar-refractivity contribution in [2.45, 2.75) is 68.7 Å². The maximum atomic E-state index is 11.3. The second-order valence-corrected chi connectivity index (χ2v) is 17.4. The van der Waals surface area contributed by atoms with Crippen LogP contribution in [0.1, 0.15) is 74.9 Å². The number of aromatic nitrogens is 10. The first kappa shape index (κ1) is 47.1. The van der Waals surface area contributed by atoms with Gasteiger partial charge >= 0.3 is 5.97 Å². The van der Waals surface area contributed by atoms with Gasteiger partial charge in [0.25, 0.3) is 0 Å². The number of H-pyrrole nitrogens is 2. The Hall–Kier alpha value is -7.40. The summed E-state index contributed by atoms with van der Waals surface area (Å²) in [5, 5.41) is 56.5. The van der Waals surface area contributed by atoms with Gasteiger partial charge in [0.1, 0.15) is 78.0 Å². The first-order valence-corrected chi connectivity index (χ1v) is 22.2. The lowest BCUT2D eigenvalue weighted by atomic mass is 9.82. The largest absolute Gasteiger partial charge is 0.550 e. The van der Waals surface area contributed by atoms with Gasteiger partial charge in [0.15, 0.2) is 17.2 Å². The second-order valence-electron chi connectivity index (χ2n) is 17.4. The minimum absolute atomic E-state index is 0.0927. The zero-order valence-corrected chi connectivity index (χ0v) is 37.6. The molecule has 22 heteroatoms. The lowest BCUT2D eigenvalue weighted by Gasteiger charge is -2.28. The molecule has 2 aromatic carbocycles. The summed E-state index contributed by atoms with van der Waals surface area (Å²) < 4.78 is 14.4. The van der Waals surface area contributed by atoms with E-state index in [1.54, 1.807) is 23.3 Å². The molecule has 6 heterocycles. The molecule has 0 radical (unpaired) electrons. The zero-order chi connectivity index (χ0) is 48.3. The van der Waals surface area contributed by atoms with Crippen molar-refractivity contribution in [3.63, 3.8) is 0 Å². The van der Waals surface area contributed by atoms with Crippen LogP contribution in [-0.2, 0) is 9.59 Å². The Bertz CT molecular complexity index is 2860. The van der Waals surface area contributed by atoms with Crippen LogP contribution >= 0.6 is 0 Å². The molecule has 0 amide bonds. The molecule has 13 N–H and O–H groups in total. The molecule has 358 valence electrons. The highest BCUT2D eigenvalue weighted by molar-refractivity contribution is 5.95. The number of carboxylic acids is 2. The normalized spacial score (nSPS) is 18.5. The molecular weight excluding hydrogens is 879 g/mol. The average molecular weight is 934 g/mol. The molecule has 10 rings (SSSR count). The lowest BCUT2D eigenvalue weighted by Crippen LogP contribution is -2.78. The van der Waals surface area contributed by atoms with Crippen molar-refractivity contribution < 1.29 is 50.3 Å². The Balaban J connectivity index is 0.000000159. The van der Waals surface area contributed by atoms with Gasteiger partial charge in [0, 0.05) is 28.6 Å². The van der Waals surface area contributed by atoms with Crippen LogP contribution < -0.4 is 31.8 Å². The number of carbonyl (C=O) groups excluding carboxylic acids is 1. The third-order valence-corrected chi connectivity index (χ3v) is 13.0. The number of nitrogens with two attached hydrogens (primary N) is 2. The molecule has 2 saturated carbocycles. The number of anilines is 2. The van der Waals surface area contributed by atoms with E-state index in [-0.39, 0.29) is 37.6 Å². The maximum Gasteiger partial charge on any atom is 0.306 e. The molecule has 0 bridgehead atoms. The number of hydrogen-bond acceptors (Lipinski definition) is 16. The van der Waals surface area contributed by atoms with Crippen molar-refractivity contribution in [3.8, 4) is 34.3 Å². The summed E-state index contributed by atoms with van der Waals surface area (Å²) in [4.78, 5) is 47.5. The fraction of sp³-hybridized carbons (Fsp3) is 0.391. The van der Waals surface area contributed by atoms with Crippen LogP contribution in [0.15, 0.2) is 61.2 Å². The number of quaternary nitrogens is 1. The molecule has 0 spiro atoms. The standard InChI is InChI=1S/2C21H22N6O3.C4H11NO3/c2*1-30-15-4-2-3-13-9-14(25-16(13)15)17-18-19(22)23-10-24-27(18)20(26-17)11-5-7-12(8-6-11)21(28)29;5-4(1-6,2-7)3-8/h2*2-4,9-12,25H,5-8H2,1H3,(H,28,29)(H2,22,23,24);6-8H,1-3,5H2. The summed E-state index contributed by atoms with van der Waals surface area (Å²) in [5.41, 5.74) is 20.9. The number of aliphatic carboxylic acids is 2. The van der Waals surface area contributed by atoms with Gasteiger partial charge in [-0.05, 0) is 81.5 Å². The zero-order valence-electron chi connectivity index (χ0n) is 37.6. The van der Waals surface area contributed by atoms with Crippen molar-refractivity contribution in [3.05, 3.63) is 72.8 Å². The van der Waals surface area contributed by atoms with Crippen LogP contribution in [0.4, 0.5) is 11.6 Å². The van der Waals surface area contributed by atoms with Crippen molar-refractivity contribution >= 4 is 56.4 Å². The quantitative estimate of drug-likeness (QED) is 0.0896. The number of rotatable bonds is 11. The van der Waals surface area contributed by atoms with E-state index in [9.17, 15) is 19.8 Å². The lowest BCUT2D eigenvalue weighted by molar-refractivity contribution is -0.494. The van der Waals surface area contributed by atoms with E-state index in [4.69, 9.17) is 46.2 Å². The van der Waals surface area contributed by atoms with Gasteiger partial charge in [-0.15, -0.1) is 0 Å². The number of carboxylic acid groups (broad SMARTS) is 2. The second kappa shape index (κ2) is 19.8. The SMILES string of the molecule is COc1cccc2cc(-c3nc(C4CCC(C(=O)O)CC4)n4ncnc(N)c34)[nH]c12.COc1cccc2cc(-c3nc(C4CCC(C(=O)[O-])CC4)n4ncnc(N)c34)[nH]c12.[NH3+]C(CO)(CO)CO. The van der Waals surface area contributed by atoms with Gasteiger partial charge in [0.2, 0.25) is 0 Å². The van der Waals surface area contributed by atoms with Crippen molar-refractivity contribution in [1.29, 1.82) is 0 Å². The fourth-order valence-electron chi connectivity index (χ4n) is 9.05. The molecule has 0 saturated heterocycles. The number of nitrogens with one attached hydrogen (secondary N) is 2. The monoisotopic (exact) mass is 933 g/mol. The Labute approximate surface area is 388 Å². The number of para-hydroxylation sites is 2. The maximum absolute atomic E-state index is 11.3. The molecule has 2 aliphatic carbocycles. The summed E-state index contributed by atoms with van der Waals surface area (Å²) in [7, 11) is 3.27. The van der Waals surface area contributed by atoms with E-state index in [0.29, 0.717) is 72.6 Å². The van der Waals surface area contributed by atoms with Gasteiger partial charge in [-0.3, -0.25) is 4.79 Å². The summed E-state index contributed by atoms with van der Waals surface area (Å²) in [5.74, 6) is 1.59. The highest BCUT2D eigenvalue weighted by Crippen LogP contribution is 2.41. The summed E-state index contributed by atoms with van der Waals surface area (Å²) in [6, 6.07) is 15.7. The van der Waals surface area contributed by atoms with Crippen molar-refractivity contribution in [2.24, 2.45) is 11.8 Å². The van der Waals surface area contributed by atoms with Crippen LogP contribution in [0.25, 0.3) is 55.6 Å². The molecule has 8 aromatic rings. The van der Waals surface area contributed by atoms with Crippen molar-refractivity contribution in [2.75, 3.05) is 45.5 Å². The van der Waals surface area contributed by atoms with E-state index in [2.05, 4.69) is 35.9 Å². The Morgan fingerprint density at radius 2 is 1.13 bits per heavy atom. The third-order valence-electron chi connectivity index (χ3n) is 13.0. The van der Waals surface area contributed by atoms with Gasteiger partial charge in [-0.25, -0.2) is 29.0 Å². The Kier molecular flexibility index (Phi) is 13.7. The number of nitrogens with zero attached hydrogens (tertiary/aromatic N) is 8. The third kappa shape index (κ3) is 9.17. The van der Waals surface area contributed by atoms with Crippen LogP contribution in [0.3, 0.4) is 0 Å². The van der Waals surface area contributed by atoms with E-state index < -0.39 is 23.4 Å². The Morgan fingerprint density at radius 3 is 1.49 bits per heavy atom. The predicted molar refractivity (Wildman–Crippen MR) is 247 cm³/mol. The first-order chi connectivity index (χ1) is 32.8. The number of aliphatic hydroxyl groups is 3. The summed E-state index contributed by atoms with van der Waals surface area (Å²) >= 11 is 0. The van der Waals surface area contributed by atoms with Crippen molar-refractivity contribution in [1.82, 2.24) is 49.1 Å². The smallest absolute Gasteiger partial charge is 0.306 e. The number of ether oxygens (including phenoxy) is 2. The van der Waals surface area contributed by atoms with Crippen LogP contribution in [0, 0.1) is 11.8 Å². The fourth-order valence-corrected chi connectivity index (χ4v) is 9.05. The predicted octanol–water partition coefficient (Wildman–Crippen LogP) is 2.05. The number of carbonyl (C=O) groups is 2. The van der Waals surface area contributed by atoms with E-state index in [1.165, 1.54) is 12.7 Å². The number of aromatic amines is 2. The van der Waals surface area contributed by atoms with Crippen LogP contribution in [-0.4, -0.2) is 121 Å². The highest BCUT2D eigenvalue weighted by Gasteiger charge is 2.32. The molecule has 0 unspecified atom stereocenters. The molecule has 2 aliphatic rings. The highest BCUT2D eigenvalue weighted by atomic mass is 16.5. The first-order valence-electron chi connectivity index (χ1n) is 22.2. The van der Waals surface area contributed by atoms with Gasteiger partial charge in [-0.1, -0.05) is 24.3 Å². The number of methoxy groups -OCH3 is 2. The van der Waals surface area contributed by atoms with Crippen LogP contribution in [0.5, 0.6) is 11.5 Å². The molecule has 0 atom stereocenters. The number of nitrogen functional groups attached to an aromatic ring is 2. The molecule has 68 heavy (non-hydrogen) atoms. The number of imidazole rings is 2. The van der Waals surface area contributed by atoms with E-state index in [0.717, 1.165) is 69.2 Å². The minimum Gasteiger partial charge on any atom is -0.550 e. The number of benzene rings is 2. The molecular formula is C46H55N13O9. The molecule has 0 aliphatic heterocycles. The van der Waals surface area contributed by atoms with E-state index >= 15 is 0 Å². The molecule has 2 fully saturated rings.